The monoisotopic (exact) mass is 490 g/mol. The fourth-order valence-electron chi connectivity index (χ4n) is 12.1. The molecule has 0 bridgehead atoms. The summed E-state index contributed by atoms with van der Waals surface area (Å²) in [5.74, 6) is 0.544. The van der Waals surface area contributed by atoms with Crippen molar-refractivity contribution in [3.63, 3.8) is 0 Å². The second-order valence-corrected chi connectivity index (χ2v) is 15.9. The van der Waals surface area contributed by atoms with E-state index in [0.717, 1.165) is 51.4 Å². The lowest BCUT2D eigenvalue weighted by atomic mass is 9.41. The zero-order valence-electron chi connectivity index (χ0n) is 23.1. The summed E-state index contributed by atoms with van der Waals surface area (Å²) in [7, 11) is 0. The van der Waals surface area contributed by atoms with Crippen LogP contribution in [-0.2, 0) is 4.74 Å². The van der Waals surface area contributed by atoms with Crippen LogP contribution in [0.2, 0.25) is 0 Å². The number of rotatable bonds is 2. The van der Waals surface area contributed by atoms with Gasteiger partial charge in [0.25, 0.3) is 0 Å². The van der Waals surface area contributed by atoms with E-state index < -0.39 is 23.4 Å². The van der Waals surface area contributed by atoms with Gasteiger partial charge in [-0.25, -0.2) is 0 Å². The molecular weight excluding hydrogens is 440 g/mol. The van der Waals surface area contributed by atoms with E-state index in [-0.39, 0.29) is 51.1 Å². The molecule has 0 radical (unpaired) electrons. The molecule has 5 heteroatoms. The van der Waals surface area contributed by atoms with Gasteiger partial charge in [-0.15, -0.1) is 0 Å². The van der Waals surface area contributed by atoms with Crippen molar-refractivity contribution in [2.45, 2.75) is 142 Å². The molecule has 1 saturated heterocycles. The molecule has 12 atom stereocenters. The number of aliphatic hydroxyl groups is 4. The Bertz CT molecular complexity index is 911. The van der Waals surface area contributed by atoms with Gasteiger partial charge < -0.3 is 25.2 Å². The molecule has 5 saturated carbocycles. The molecule has 0 amide bonds. The Kier molecular flexibility index (Phi) is 4.92. The summed E-state index contributed by atoms with van der Waals surface area (Å²) in [4.78, 5) is 0. The Balaban J connectivity index is 1.37. The van der Waals surface area contributed by atoms with Crippen LogP contribution in [0.3, 0.4) is 0 Å². The Morgan fingerprint density at radius 2 is 1.46 bits per heavy atom. The molecule has 5 aliphatic carbocycles. The highest BCUT2D eigenvalue weighted by molar-refractivity contribution is 5.33. The Morgan fingerprint density at radius 3 is 2.09 bits per heavy atom. The highest BCUT2D eigenvalue weighted by Crippen LogP contribution is 2.89. The van der Waals surface area contributed by atoms with Gasteiger partial charge in [-0.1, -0.05) is 27.7 Å². The third-order valence-corrected chi connectivity index (χ3v) is 13.8. The number of ether oxygens (including phenoxy) is 1. The van der Waals surface area contributed by atoms with Crippen LogP contribution >= 0.6 is 0 Å². The first-order valence-electron chi connectivity index (χ1n) is 14.4. The lowest BCUT2D eigenvalue weighted by molar-refractivity contribution is -0.217. The topological polar surface area (TPSA) is 90.2 Å². The maximum absolute atomic E-state index is 11.9. The predicted molar refractivity (Wildman–Crippen MR) is 134 cm³/mol. The van der Waals surface area contributed by atoms with E-state index in [0.29, 0.717) is 5.92 Å². The van der Waals surface area contributed by atoms with Crippen LogP contribution in [0.5, 0.6) is 0 Å². The van der Waals surface area contributed by atoms with Crippen molar-refractivity contribution in [3.8, 4) is 0 Å². The summed E-state index contributed by atoms with van der Waals surface area (Å²) in [6, 6.07) is 0. The molecule has 1 heterocycles. The largest absolute Gasteiger partial charge is 0.393 e. The van der Waals surface area contributed by atoms with E-state index in [9.17, 15) is 20.4 Å². The maximum atomic E-state index is 11.9. The molecule has 5 nitrogen and oxygen atoms in total. The fraction of sp³-hybridized carbons (Fsp3) is 1.00. The lowest BCUT2D eigenvalue weighted by Crippen LogP contribution is -2.62. The second-order valence-electron chi connectivity index (χ2n) is 15.9. The van der Waals surface area contributed by atoms with Gasteiger partial charge in [-0.2, -0.15) is 0 Å². The van der Waals surface area contributed by atoms with E-state index in [1.54, 1.807) is 0 Å². The van der Waals surface area contributed by atoms with Gasteiger partial charge in [0.2, 0.25) is 0 Å². The lowest BCUT2D eigenvalue weighted by Gasteiger charge is -2.64. The van der Waals surface area contributed by atoms with Crippen LogP contribution in [0, 0.1) is 44.8 Å². The summed E-state index contributed by atoms with van der Waals surface area (Å²) < 4.78 is 6.65. The smallest absolute Gasteiger partial charge is 0.0865 e. The Hall–Kier alpha value is -0.200. The van der Waals surface area contributed by atoms with Gasteiger partial charge >= 0.3 is 0 Å². The van der Waals surface area contributed by atoms with Crippen LogP contribution in [0.1, 0.15) is 106 Å². The van der Waals surface area contributed by atoms with E-state index in [4.69, 9.17) is 4.74 Å². The van der Waals surface area contributed by atoms with Gasteiger partial charge in [0, 0.05) is 5.92 Å². The molecule has 0 aromatic rings. The zero-order valence-corrected chi connectivity index (χ0v) is 23.1. The van der Waals surface area contributed by atoms with E-state index in [2.05, 4.69) is 34.6 Å². The Labute approximate surface area is 212 Å². The molecule has 4 N–H and O–H groups in total. The van der Waals surface area contributed by atoms with Crippen LogP contribution in [0.15, 0.2) is 0 Å². The highest BCUT2D eigenvalue weighted by atomic mass is 16.5. The summed E-state index contributed by atoms with van der Waals surface area (Å²) in [6.07, 6.45) is 7.11. The number of aliphatic hydroxyl groups excluding tert-OH is 3. The molecule has 6 unspecified atom stereocenters. The molecule has 6 fully saturated rings. The van der Waals surface area contributed by atoms with Gasteiger partial charge in [0.05, 0.1) is 35.6 Å². The van der Waals surface area contributed by atoms with Gasteiger partial charge in [0.15, 0.2) is 0 Å². The second kappa shape index (κ2) is 6.86. The summed E-state index contributed by atoms with van der Waals surface area (Å²) in [6.45, 7) is 15.0. The fourth-order valence-corrected chi connectivity index (χ4v) is 12.1. The van der Waals surface area contributed by atoms with Crippen molar-refractivity contribution in [3.05, 3.63) is 0 Å². The van der Waals surface area contributed by atoms with Crippen LogP contribution in [0.4, 0.5) is 0 Å². The molecule has 6 rings (SSSR count). The van der Waals surface area contributed by atoms with Crippen molar-refractivity contribution in [1.29, 1.82) is 0 Å². The number of hydrogen-bond acceptors (Lipinski definition) is 5. The normalized spacial score (nSPS) is 60.9. The SMILES string of the molecule is CC1(C)C(O)CC[C@]23C[C@]24CC[C@]2(C)C([C@]5(C)CC[C@H](C(C)(C)O)O5)C(O)C[C@@]2(C)C4C(O)CC13. The molecule has 200 valence electrons. The predicted octanol–water partition coefficient (Wildman–Crippen LogP) is 4.44. The minimum absolute atomic E-state index is 0.00561. The quantitative estimate of drug-likeness (QED) is 0.460. The first-order chi connectivity index (χ1) is 16.0. The molecule has 2 spiro atoms. The maximum Gasteiger partial charge on any atom is 0.0865 e. The van der Waals surface area contributed by atoms with E-state index in [1.807, 2.05) is 13.8 Å². The minimum atomic E-state index is -0.893. The number of hydrogen-bond donors (Lipinski definition) is 4. The van der Waals surface area contributed by atoms with Crippen molar-refractivity contribution in [2.75, 3.05) is 0 Å². The summed E-state index contributed by atoms with van der Waals surface area (Å²) >= 11 is 0. The van der Waals surface area contributed by atoms with Gasteiger partial charge in [0.1, 0.15) is 0 Å². The van der Waals surface area contributed by atoms with Crippen LogP contribution in [-0.4, -0.2) is 56.0 Å². The zero-order chi connectivity index (χ0) is 25.6. The average Bonchev–Trinajstić information content (AvgIpc) is 3.08. The van der Waals surface area contributed by atoms with Crippen LogP contribution < -0.4 is 0 Å². The van der Waals surface area contributed by atoms with Gasteiger partial charge in [-0.3, -0.25) is 0 Å². The number of fused-ring (bicyclic) bond motifs is 2. The molecule has 6 aliphatic rings. The van der Waals surface area contributed by atoms with Crippen molar-refractivity contribution in [1.82, 2.24) is 0 Å². The van der Waals surface area contributed by atoms with Crippen molar-refractivity contribution < 1.29 is 25.2 Å². The standard InChI is InChI=1S/C30H50O5/c1-24(2)19-14-17(31)23-27(6)15-18(32)22(28(7)10-9-21(35-28)25(3,4)34)26(27,5)12-13-30(23)16-29(19,30)11-8-20(24)33/h17-23,31-34H,8-16H2,1-7H3/t17?,18?,19?,20?,21-,22?,23?,26-,27+,28+,29-,30+/m1/s1. The average molecular weight is 491 g/mol. The first kappa shape index (κ1) is 25.1. The third-order valence-electron chi connectivity index (χ3n) is 13.8. The molecule has 1 aliphatic heterocycles. The Morgan fingerprint density at radius 1 is 0.771 bits per heavy atom. The molecule has 0 aromatic heterocycles. The minimum Gasteiger partial charge on any atom is -0.393 e. The van der Waals surface area contributed by atoms with E-state index >= 15 is 0 Å². The summed E-state index contributed by atoms with van der Waals surface area (Å²) in [5, 5.41) is 45.2. The molecular formula is C30H50O5. The molecule has 0 aromatic carbocycles. The molecule has 35 heavy (non-hydrogen) atoms. The van der Waals surface area contributed by atoms with Gasteiger partial charge in [-0.05, 0) is 117 Å². The third kappa shape index (κ3) is 2.78. The highest BCUT2D eigenvalue weighted by Gasteiger charge is 2.85. The van der Waals surface area contributed by atoms with Crippen molar-refractivity contribution >= 4 is 0 Å². The van der Waals surface area contributed by atoms with Crippen molar-refractivity contribution in [2.24, 2.45) is 44.8 Å². The summed E-state index contributed by atoms with van der Waals surface area (Å²) in [5.41, 5.74) is -1.44. The first-order valence-corrected chi connectivity index (χ1v) is 14.4. The van der Waals surface area contributed by atoms with Crippen LogP contribution in [0.25, 0.3) is 0 Å². The van der Waals surface area contributed by atoms with E-state index in [1.165, 1.54) is 6.42 Å².